The van der Waals surface area contributed by atoms with Crippen molar-refractivity contribution in [1.82, 2.24) is 3.97 Å². The van der Waals surface area contributed by atoms with Crippen molar-refractivity contribution in [2.45, 2.75) is 24.7 Å². The summed E-state index contributed by atoms with van der Waals surface area (Å²) in [6.07, 6.45) is 3.25. The van der Waals surface area contributed by atoms with E-state index in [9.17, 15) is 13.2 Å². The SMILES string of the molecule is COC(=O)c1cc2c(n1S(=O)(=O)c1ccc(C)cc1)CC/C2=C\c1cccc(Br)c1. The number of esters is 1. The van der Waals surface area contributed by atoms with Crippen LogP contribution in [0.5, 0.6) is 0 Å². The van der Waals surface area contributed by atoms with E-state index in [0.717, 1.165) is 30.7 Å². The van der Waals surface area contributed by atoms with Gasteiger partial charge in [0.25, 0.3) is 10.0 Å². The minimum Gasteiger partial charge on any atom is -0.464 e. The molecule has 7 heteroatoms. The number of carbonyl (C=O) groups is 1. The number of benzene rings is 2. The van der Waals surface area contributed by atoms with Crippen LogP contribution in [0.2, 0.25) is 0 Å². The molecule has 154 valence electrons. The highest BCUT2D eigenvalue weighted by Crippen LogP contribution is 2.38. The van der Waals surface area contributed by atoms with Crippen molar-refractivity contribution >= 4 is 43.6 Å². The van der Waals surface area contributed by atoms with Gasteiger partial charge >= 0.3 is 5.97 Å². The van der Waals surface area contributed by atoms with E-state index < -0.39 is 16.0 Å². The van der Waals surface area contributed by atoms with Gasteiger partial charge in [-0.25, -0.2) is 17.2 Å². The lowest BCUT2D eigenvalue weighted by molar-refractivity contribution is 0.0592. The summed E-state index contributed by atoms with van der Waals surface area (Å²) in [7, 11) is -2.69. The molecule has 0 fully saturated rings. The molecule has 0 aliphatic heterocycles. The number of aromatic nitrogens is 1. The summed E-state index contributed by atoms with van der Waals surface area (Å²) in [6.45, 7) is 1.89. The molecule has 1 aliphatic rings. The zero-order chi connectivity index (χ0) is 21.5. The molecular weight excluding hydrogens is 466 g/mol. The highest BCUT2D eigenvalue weighted by molar-refractivity contribution is 9.10. The highest BCUT2D eigenvalue weighted by atomic mass is 79.9. The van der Waals surface area contributed by atoms with Crippen LogP contribution in [0.4, 0.5) is 0 Å². The number of nitrogens with zero attached hydrogens (tertiary/aromatic N) is 1. The van der Waals surface area contributed by atoms with E-state index in [4.69, 9.17) is 4.74 Å². The molecule has 0 atom stereocenters. The molecule has 0 spiro atoms. The third kappa shape index (κ3) is 3.63. The van der Waals surface area contributed by atoms with Gasteiger partial charge in [0, 0.05) is 15.7 Å². The summed E-state index contributed by atoms with van der Waals surface area (Å²) < 4.78 is 33.9. The van der Waals surface area contributed by atoms with Gasteiger partial charge in [-0.2, -0.15) is 0 Å². The molecule has 4 rings (SSSR count). The van der Waals surface area contributed by atoms with Gasteiger partial charge in [-0.1, -0.05) is 51.8 Å². The van der Waals surface area contributed by atoms with Crippen LogP contribution in [-0.4, -0.2) is 25.5 Å². The topological polar surface area (TPSA) is 65.4 Å². The van der Waals surface area contributed by atoms with Gasteiger partial charge in [-0.15, -0.1) is 0 Å². The zero-order valence-corrected chi connectivity index (χ0v) is 19.0. The predicted molar refractivity (Wildman–Crippen MR) is 120 cm³/mol. The Kier molecular flexibility index (Phi) is 5.42. The molecule has 0 unspecified atom stereocenters. The van der Waals surface area contributed by atoms with E-state index in [1.165, 1.54) is 7.11 Å². The zero-order valence-electron chi connectivity index (χ0n) is 16.6. The Morgan fingerprint density at radius 3 is 2.50 bits per heavy atom. The molecule has 30 heavy (non-hydrogen) atoms. The van der Waals surface area contributed by atoms with Crippen LogP contribution in [-0.2, 0) is 21.2 Å². The van der Waals surface area contributed by atoms with Crippen LogP contribution in [0.3, 0.4) is 0 Å². The predicted octanol–water partition coefficient (Wildman–Crippen LogP) is 5.07. The molecule has 0 saturated heterocycles. The Morgan fingerprint density at radius 2 is 1.83 bits per heavy atom. The normalized spacial score (nSPS) is 14.7. The van der Waals surface area contributed by atoms with E-state index >= 15 is 0 Å². The highest BCUT2D eigenvalue weighted by Gasteiger charge is 2.33. The van der Waals surface area contributed by atoms with Crippen LogP contribution in [0.15, 0.2) is 64.0 Å². The number of halogens is 1. The maximum absolute atomic E-state index is 13.4. The van der Waals surface area contributed by atoms with Crippen LogP contribution in [0, 0.1) is 6.92 Å². The number of allylic oxidation sites excluding steroid dienone is 1. The second-order valence-corrected chi connectivity index (χ2v) is 9.89. The summed E-state index contributed by atoms with van der Waals surface area (Å²) >= 11 is 3.47. The first kappa shape index (κ1) is 20.6. The first-order valence-corrected chi connectivity index (χ1v) is 11.7. The third-order valence-corrected chi connectivity index (χ3v) is 7.44. The third-order valence-electron chi connectivity index (χ3n) is 5.18. The van der Waals surface area contributed by atoms with Gasteiger partial charge in [-0.3, -0.25) is 0 Å². The Labute approximate surface area is 184 Å². The van der Waals surface area contributed by atoms with Crippen molar-refractivity contribution < 1.29 is 17.9 Å². The number of aryl methyl sites for hydroxylation is 1. The summed E-state index contributed by atoms with van der Waals surface area (Å²) in [5.74, 6) is -0.679. The number of methoxy groups -OCH3 is 1. The number of fused-ring (bicyclic) bond motifs is 1. The lowest BCUT2D eigenvalue weighted by atomic mass is 10.1. The first-order chi connectivity index (χ1) is 14.3. The van der Waals surface area contributed by atoms with Crippen molar-refractivity contribution in [3.63, 3.8) is 0 Å². The van der Waals surface area contributed by atoms with E-state index in [1.54, 1.807) is 30.3 Å². The number of hydrogen-bond donors (Lipinski definition) is 0. The molecule has 0 bridgehead atoms. The molecule has 0 saturated carbocycles. The van der Waals surface area contributed by atoms with Gasteiger partial charge in [0.15, 0.2) is 0 Å². The number of hydrogen-bond acceptors (Lipinski definition) is 4. The molecule has 0 radical (unpaired) electrons. The number of ether oxygens (including phenoxy) is 1. The fourth-order valence-corrected chi connectivity index (χ4v) is 5.69. The maximum atomic E-state index is 13.4. The second-order valence-electron chi connectivity index (χ2n) is 7.19. The lowest BCUT2D eigenvalue weighted by Gasteiger charge is -2.12. The van der Waals surface area contributed by atoms with Crippen molar-refractivity contribution in [2.24, 2.45) is 0 Å². The molecule has 0 N–H and O–H groups in total. The minimum atomic E-state index is -3.95. The first-order valence-electron chi connectivity index (χ1n) is 9.43. The van der Waals surface area contributed by atoms with Gasteiger partial charge in [-0.05, 0) is 61.2 Å². The number of rotatable bonds is 4. The van der Waals surface area contributed by atoms with E-state index in [2.05, 4.69) is 15.9 Å². The average molecular weight is 486 g/mol. The monoisotopic (exact) mass is 485 g/mol. The summed E-state index contributed by atoms with van der Waals surface area (Å²) in [4.78, 5) is 12.6. The Bertz CT molecular complexity index is 1270. The van der Waals surface area contributed by atoms with Crippen LogP contribution in [0.25, 0.3) is 11.6 Å². The van der Waals surface area contributed by atoms with E-state index in [-0.39, 0.29) is 10.6 Å². The van der Waals surface area contributed by atoms with Crippen molar-refractivity contribution in [3.8, 4) is 0 Å². The maximum Gasteiger partial charge on any atom is 0.355 e. The van der Waals surface area contributed by atoms with Gasteiger partial charge in [0.2, 0.25) is 0 Å². The molecule has 1 heterocycles. The van der Waals surface area contributed by atoms with Crippen LogP contribution >= 0.6 is 15.9 Å². The van der Waals surface area contributed by atoms with Crippen molar-refractivity contribution in [1.29, 1.82) is 0 Å². The van der Waals surface area contributed by atoms with E-state index in [0.29, 0.717) is 18.5 Å². The smallest absolute Gasteiger partial charge is 0.355 e. The van der Waals surface area contributed by atoms with Crippen LogP contribution in [0.1, 0.15) is 39.3 Å². The average Bonchev–Trinajstić information content (AvgIpc) is 3.28. The Hall–Kier alpha value is -2.64. The fourth-order valence-electron chi connectivity index (χ4n) is 3.72. The quantitative estimate of drug-likeness (QED) is 0.483. The van der Waals surface area contributed by atoms with Gasteiger partial charge < -0.3 is 4.74 Å². The fraction of sp³-hybridized carbons (Fsp3) is 0.174. The summed E-state index contributed by atoms with van der Waals surface area (Å²) in [5, 5.41) is 0. The largest absolute Gasteiger partial charge is 0.464 e. The lowest BCUT2D eigenvalue weighted by Crippen LogP contribution is -2.21. The van der Waals surface area contributed by atoms with E-state index in [1.807, 2.05) is 37.3 Å². The molecule has 5 nitrogen and oxygen atoms in total. The molecular formula is C23H20BrNO4S. The Morgan fingerprint density at radius 1 is 1.10 bits per heavy atom. The summed E-state index contributed by atoms with van der Waals surface area (Å²) in [5.41, 5.74) is 4.34. The Balaban J connectivity index is 1.89. The van der Waals surface area contributed by atoms with Gasteiger partial charge in [0.05, 0.1) is 12.0 Å². The molecule has 2 aromatic carbocycles. The summed E-state index contributed by atoms with van der Waals surface area (Å²) in [6, 6.07) is 16.1. The second kappa shape index (κ2) is 7.89. The number of carbonyl (C=O) groups excluding carboxylic acids is 1. The van der Waals surface area contributed by atoms with Crippen molar-refractivity contribution in [2.75, 3.05) is 7.11 Å². The van der Waals surface area contributed by atoms with Gasteiger partial charge in [0.1, 0.15) is 5.69 Å². The van der Waals surface area contributed by atoms with Crippen molar-refractivity contribution in [3.05, 3.63) is 87.1 Å². The molecule has 0 amide bonds. The molecule has 1 aliphatic carbocycles. The molecule has 3 aromatic rings. The van der Waals surface area contributed by atoms with Crippen LogP contribution < -0.4 is 0 Å². The molecule has 1 aromatic heterocycles. The minimum absolute atomic E-state index is 0.0166. The standard InChI is InChI=1S/C23H20BrNO4S/c1-15-6-9-19(10-7-15)30(27,28)25-21-11-8-17(12-16-4-3-5-18(24)13-16)20(21)14-22(25)23(26)29-2/h3-7,9-10,12-14H,8,11H2,1-2H3/b17-12+.